The van der Waals surface area contributed by atoms with E-state index >= 15 is 0 Å². The standard InChI is InChI=1S/C34H28ClN11O20S6/c35-32-40-33(38-17-4-6-19(7-5-17)67(49,50)9-8-66-72(63,64)65)42-34(41-32)39-20-13-21(23(69(54,55)56)14-22(20)68(51,52)53)44-46-29-25(71(60,61)62)12-16-11-24(70(57,58)59)28(27(36)26(16)30(29)47)45-43-18-3-1-2-15(10-18)31(37)48/h1-7,10-14,47H,8-9,36H2,(H2,37,48)(H,51,52,53)(H,54,55,56)(H,57,58,59)(H,60,61,62)(H,63,64,65)(H2,38,39,40,41,42). The fraction of sp³-hybridized carbons (Fsp3) is 0.0588. The number of aromatic hydroxyl groups is 1. The highest BCUT2D eigenvalue weighted by Crippen LogP contribution is 2.49. The van der Waals surface area contributed by atoms with Crippen molar-refractivity contribution in [1.82, 2.24) is 15.0 Å². The largest absolute Gasteiger partial charge is 0.505 e. The predicted octanol–water partition coefficient (Wildman–Crippen LogP) is 3.96. The van der Waals surface area contributed by atoms with E-state index in [0.29, 0.717) is 18.2 Å². The Kier molecular flexibility index (Phi) is 15.0. The fourth-order valence-corrected chi connectivity index (χ4v) is 10.3. The quantitative estimate of drug-likeness (QED) is 0.0331. The number of hydrogen-bond donors (Lipinski definition) is 10. The number of primary amides is 1. The van der Waals surface area contributed by atoms with Gasteiger partial charge in [0, 0.05) is 11.3 Å². The van der Waals surface area contributed by atoms with E-state index in [-0.39, 0.29) is 27.9 Å². The van der Waals surface area contributed by atoms with Gasteiger partial charge in [0.1, 0.15) is 36.6 Å². The third-order valence-electron chi connectivity index (χ3n) is 9.05. The summed E-state index contributed by atoms with van der Waals surface area (Å²) in [6, 6.07) is 11.1. The number of carbonyl (C=O) groups excluding carboxylic acids is 1. The Morgan fingerprint density at radius 3 is 1.76 bits per heavy atom. The number of phenolic OH excluding ortho intramolecular Hbond substituents is 1. The van der Waals surface area contributed by atoms with Crippen molar-refractivity contribution in [2.24, 2.45) is 26.2 Å². The zero-order chi connectivity index (χ0) is 53.5. The van der Waals surface area contributed by atoms with Crippen molar-refractivity contribution < 1.29 is 87.4 Å². The highest BCUT2D eigenvalue weighted by molar-refractivity contribution is 7.91. The lowest BCUT2D eigenvalue weighted by molar-refractivity contribution is 0.1000. The van der Waals surface area contributed by atoms with Gasteiger partial charge in [-0.1, -0.05) is 6.07 Å². The number of anilines is 5. The highest BCUT2D eigenvalue weighted by atomic mass is 35.5. The summed E-state index contributed by atoms with van der Waals surface area (Å²) in [4.78, 5) is 17.5. The van der Waals surface area contributed by atoms with Crippen LogP contribution in [0.4, 0.5) is 51.7 Å². The molecule has 6 aromatic rings. The van der Waals surface area contributed by atoms with Crippen molar-refractivity contribution in [3.63, 3.8) is 0 Å². The Labute approximate surface area is 409 Å². The molecule has 0 saturated heterocycles. The van der Waals surface area contributed by atoms with Crippen molar-refractivity contribution in [2.75, 3.05) is 28.7 Å². The molecule has 12 N–H and O–H groups in total. The van der Waals surface area contributed by atoms with Crippen LogP contribution in [0.5, 0.6) is 5.75 Å². The van der Waals surface area contributed by atoms with Crippen molar-refractivity contribution in [3.05, 3.63) is 83.6 Å². The number of nitrogens with two attached hydrogens (primary N) is 2. The second-order valence-electron chi connectivity index (χ2n) is 13.9. The maximum absolute atomic E-state index is 12.7. The normalized spacial score (nSPS) is 13.0. The molecule has 382 valence electrons. The number of nitrogen functional groups attached to an aromatic ring is 1. The molecule has 72 heavy (non-hydrogen) atoms. The van der Waals surface area contributed by atoms with E-state index in [1.807, 2.05) is 0 Å². The van der Waals surface area contributed by atoms with Gasteiger partial charge >= 0.3 is 10.4 Å². The number of fused-ring (bicyclic) bond motifs is 1. The Balaban J connectivity index is 1.45. The number of carbonyl (C=O) groups is 1. The van der Waals surface area contributed by atoms with Crippen LogP contribution in [-0.4, -0.2) is 112 Å². The zero-order valence-corrected chi connectivity index (χ0v) is 40.5. The Hall–Kier alpha value is -7.01. The lowest BCUT2D eigenvalue weighted by Crippen LogP contribution is -2.15. The molecule has 0 spiro atoms. The second kappa shape index (κ2) is 19.9. The van der Waals surface area contributed by atoms with Gasteiger partial charge in [-0.05, 0) is 83.7 Å². The molecule has 0 aliphatic heterocycles. The van der Waals surface area contributed by atoms with Crippen molar-refractivity contribution in [1.29, 1.82) is 0 Å². The molecule has 0 radical (unpaired) electrons. The number of rotatable bonds is 18. The average Bonchev–Trinajstić information content (AvgIpc) is 3.23. The molecule has 0 saturated carbocycles. The first-order valence-electron chi connectivity index (χ1n) is 18.5. The molecule has 1 aromatic heterocycles. The monoisotopic (exact) mass is 1140 g/mol. The zero-order valence-electron chi connectivity index (χ0n) is 34.9. The summed E-state index contributed by atoms with van der Waals surface area (Å²) in [6.45, 7) is -0.915. The third-order valence-corrected chi connectivity index (χ3v) is 14.9. The molecule has 1 heterocycles. The number of halogens is 1. The van der Waals surface area contributed by atoms with Crippen LogP contribution in [-0.2, 0) is 64.9 Å². The third kappa shape index (κ3) is 12.9. The highest BCUT2D eigenvalue weighted by Gasteiger charge is 2.30. The first kappa shape index (κ1) is 54.3. The van der Waals surface area contributed by atoms with E-state index in [1.165, 1.54) is 30.3 Å². The number of nitrogens with one attached hydrogen (secondary N) is 2. The van der Waals surface area contributed by atoms with Crippen molar-refractivity contribution in [2.45, 2.75) is 24.5 Å². The van der Waals surface area contributed by atoms with Crippen LogP contribution in [0, 0.1) is 0 Å². The van der Waals surface area contributed by atoms with Gasteiger partial charge in [0.2, 0.25) is 23.1 Å². The molecule has 0 aliphatic rings. The van der Waals surface area contributed by atoms with E-state index in [1.54, 1.807) is 0 Å². The predicted molar refractivity (Wildman–Crippen MR) is 246 cm³/mol. The average molecular weight is 1140 g/mol. The van der Waals surface area contributed by atoms with E-state index in [2.05, 4.69) is 50.2 Å². The van der Waals surface area contributed by atoms with Crippen LogP contribution in [0.15, 0.2) is 118 Å². The number of hydrogen-bond acceptors (Lipinski definition) is 25. The van der Waals surface area contributed by atoms with Crippen LogP contribution in [0.1, 0.15) is 10.4 Å². The minimum Gasteiger partial charge on any atom is -0.505 e. The SMILES string of the molecule is NC(=O)c1cccc(N=Nc2c(S(=O)(=O)O)cc3cc(S(=O)(=O)O)c(N=Nc4cc(Nc5nc(Cl)nc(Nc6ccc(S(=O)(=O)CCOS(=O)(=O)O)cc6)n5)c(S(=O)(=O)O)cc4S(=O)(=O)O)c(O)c3c2N)c1. The summed E-state index contributed by atoms with van der Waals surface area (Å²) >= 11 is 6.05. The lowest BCUT2D eigenvalue weighted by Gasteiger charge is -2.15. The molecule has 1 amide bonds. The van der Waals surface area contributed by atoms with Crippen molar-refractivity contribution >= 4 is 141 Å². The molecular formula is C34H28ClN11O20S6. The van der Waals surface area contributed by atoms with Crippen LogP contribution in [0.2, 0.25) is 5.28 Å². The van der Waals surface area contributed by atoms with E-state index in [0.717, 1.165) is 18.2 Å². The summed E-state index contributed by atoms with van der Waals surface area (Å²) < 4.78 is 201. The van der Waals surface area contributed by atoms with Crippen molar-refractivity contribution in [3.8, 4) is 5.75 Å². The molecule has 0 atom stereocenters. The molecule has 0 unspecified atom stereocenters. The summed E-state index contributed by atoms with van der Waals surface area (Å²) in [5.41, 5.74) is 6.26. The van der Waals surface area contributed by atoms with Gasteiger partial charge in [-0.2, -0.15) is 62.2 Å². The van der Waals surface area contributed by atoms with Crippen LogP contribution < -0.4 is 22.1 Å². The maximum atomic E-state index is 12.7. The number of azo groups is 2. The van der Waals surface area contributed by atoms with E-state index < -0.39 is 161 Å². The maximum Gasteiger partial charge on any atom is 0.397 e. The first-order valence-corrected chi connectivity index (χ1v) is 27.6. The number of aromatic nitrogens is 3. The molecule has 0 aliphatic carbocycles. The van der Waals surface area contributed by atoms with Gasteiger partial charge in [-0.15, -0.1) is 15.3 Å². The smallest absolute Gasteiger partial charge is 0.397 e. The van der Waals surface area contributed by atoms with Gasteiger partial charge < -0.3 is 27.2 Å². The molecule has 0 fully saturated rings. The fourth-order valence-electron chi connectivity index (χ4n) is 6.01. The first-order chi connectivity index (χ1) is 33.1. The number of nitrogens with zero attached hydrogens (tertiary/aromatic N) is 7. The second-order valence-corrected chi connectivity index (χ2v) is 23.0. The van der Waals surface area contributed by atoms with Crippen LogP contribution >= 0.6 is 11.6 Å². The summed E-state index contributed by atoms with van der Waals surface area (Å²) in [6.07, 6.45) is 0. The summed E-state index contributed by atoms with van der Waals surface area (Å²) in [5, 5.41) is 29.0. The molecule has 6 rings (SSSR count). The Morgan fingerprint density at radius 2 is 1.21 bits per heavy atom. The summed E-state index contributed by atoms with van der Waals surface area (Å²) in [5.74, 6) is -4.27. The lowest BCUT2D eigenvalue weighted by atomic mass is 10.1. The molecular weight excluding hydrogens is 1110 g/mol. The Morgan fingerprint density at radius 1 is 0.653 bits per heavy atom. The molecule has 5 aromatic carbocycles. The molecule has 31 nitrogen and oxygen atoms in total. The summed E-state index contributed by atoms with van der Waals surface area (Å²) in [7, 11) is -31.1. The van der Waals surface area contributed by atoms with Gasteiger partial charge in [-0.25, -0.2) is 12.6 Å². The van der Waals surface area contributed by atoms with Gasteiger partial charge in [0.05, 0.1) is 39.7 Å². The van der Waals surface area contributed by atoms with Gasteiger partial charge in [-0.3, -0.25) is 27.6 Å². The number of sulfone groups is 1. The van der Waals surface area contributed by atoms with Crippen LogP contribution in [0.3, 0.4) is 0 Å². The molecule has 38 heteroatoms. The van der Waals surface area contributed by atoms with Crippen LogP contribution in [0.25, 0.3) is 10.8 Å². The van der Waals surface area contributed by atoms with E-state index in [4.69, 9.17) is 27.6 Å². The number of phenols is 1. The number of benzene rings is 5. The van der Waals surface area contributed by atoms with Gasteiger partial charge in [0.25, 0.3) is 40.5 Å². The minimum absolute atomic E-state index is 0.0602. The van der Waals surface area contributed by atoms with E-state index in [9.17, 15) is 78.6 Å². The number of amides is 1. The Bertz CT molecular complexity index is 4020. The molecule has 0 bridgehead atoms. The van der Waals surface area contributed by atoms with Gasteiger partial charge in [0.15, 0.2) is 15.6 Å². The topological polar surface area (TPSA) is 517 Å². The minimum atomic E-state index is -5.62.